The zero-order valence-corrected chi connectivity index (χ0v) is 21.9. The van der Waals surface area contributed by atoms with Gasteiger partial charge in [0.05, 0.1) is 18.1 Å². The molecule has 5 rings (SSSR count). The lowest BCUT2D eigenvalue weighted by atomic mass is 10.1. The third-order valence-corrected chi connectivity index (χ3v) is 6.98. The molecule has 5 aromatic rings. The van der Waals surface area contributed by atoms with Crippen LogP contribution in [0.15, 0.2) is 77.6 Å². The molecule has 1 N–H and O–H groups in total. The van der Waals surface area contributed by atoms with Gasteiger partial charge in [-0.2, -0.15) is 0 Å². The number of nitrogens with zero attached hydrogens (tertiary/aromatic N) is 5. The van der Waals surface area contributed by atoms with Crippen LogP contribution >= 0.6 is 0 Å². The first kappa shape index (κ1) is 25.5. The third kappa shape index (κ3) is 5.55. The van der Waals surface area contributed by atoms with Crippen molar-refractivity contribution in [2.45, 2.75) is 52.9 Å². The second-order valence-corrected chi connectivity index (χ2v) is 9.80. The number of fused-ring (bicyclic) bond motifs is 1. The van der Waals surface area contributed by atoms with E-state index < -0.39 is 0 Å². The third-order valence-electron chi connectivity index (χ3n) is 6.98. The molecule has 1 unspecified atom stereocenters. The summed E-state index contributed by atoms with van der Waals surface area (Å²) in [4.78, 5) is 18.5. The molecule has 0 amide bonds. The first-order valence-electron chi connectivity index (χ1n) is 12.8. The second-order valence-electron chi connectivity index (χ2n) is 9.80. The fourth-order valence-electron chi connectivity index (χ4n) is 4.90. The minimum absolute atomic E-state index is 0.0959. The van der Waals surface area contributed by atoms with E-state index in [1.807, 2.05) is 31.2 Å². The van der Waals surface area contributed by atoms with Gasteiger partial charge in [0.1, 0.15) is 5.82 Å². The Morgan fingerprint density at radius 1 is 0.974 bits per heavy atom. The van der Waals surface area contributed by atoms with Crippen molar-refractivity contribution in [3.8, 4) is 0 Å². The van der Waals surface area contributed by atoms with E-state index in [4.69, 9.17) is 0 Å². The molecule has 8 heteroatoms. The van der Waals surface area contributed by atoms with E-state index in [0.29, 0.717) is 31.0 Å². The average Bonchev–Trinajstić information content (AvgIpc) is 3.36. The number of aromatic amines is 1. The zero-order valence-electron chi connectivity index (χ0n) is 21.9. The van der Waals surface area contributed by atoms with Crippen LogP contribution in [0, 0.1) is 19.7 Å². The predicted molar refractivity (Wildman–Crippen MR) is 146 cm³/mol. The van der Waals surface area contributed by atoms with Gasteiger partial charge in [0, 0.05) is 18.7 Å². The molecule has 0 fully saturated rings. The molecule has 2 aromatic heterocycles. The summed E-state index contributed by atoms with van der Waals surface area (Å²) in [5.74, 6) is 0.425. The molecule has 0 saturated heterocycles. The molecule has 7 nitrogen and oxygen atoms in total. The van der Waals surface area contributed by atoms with Crippen LogP contribution in [0.25, 0.3) is 10.9 Å². The van der Waals surface area contributed by atoms with Crippen LogP contribution in [-0.4, -0.2) is 30.1 Å². The summed E-state index contributed by atoms with van der Waals surface area (Å²) < 4.78 is 15.2. The Balaban J connectivity index is 1.52. The van der Waals surface area contributed by atoms with Gasteiger partial charge in [0.2, 0.25) is 0 Å². The van der Waals surface area contributed by atoms with E-state index in [-0.39, 0.29) is 17.4 Å². The van der Waals surface area contributed by atoms with Gasteiger partial charge in [-0.15, -0.1) is 5.10 Å². The number of halogens is 1. The predicted octanol–water partition coefficient (Wildman–Crippen LogP) is 5.47. The normalized spacial score (nSPS) is 12.3. The number of nitrogens with one attached hydrogen (secondary N) is 1. The Bertz CT molecular complexity index is 1590. The number of pyridine rings is 1. The van der Waals surface area contributed by atoms with Crippen molar-refractivity contribution in [1.82, 2.24) is 30.1 Å². The maximum atomic E-state index is 13.4. The van der Waals surface area contributed by atoms with Crippen LogP contribution in [0.4, 0.5) is 4.39 Å². The van der Waals surface area contributed by atoms with Crippen molar-refractivity contribution < 1.29 is 4.39 Å². The van der Waals surface area contributed by atoms with E-state index in [9.17, 15) is 9.18 Å². The zero-order chi connectivity index (χ0) is 26.6. The number of hydrogen-bond acceptors (Lipinski definition) is 5. The highest BCUT2D eigenvalue weighted by Gasteiger charge is 2.26. The maximum Gasteiger partial charge on any atom is 0.252 e. The number of rotatable bonds is 9. The second kappa shape index (κ2) is 11.1. The highest BCUT2D eigenvalue weighted by atomic mass is 19.1. The summed E-state index contributed by atoms with van der Waals surface area (Å²) in [6.07, 6.45) is 0.736. The van der Waals surface area contributed by atoms with Gasteiger partial charge in [-0.1, -0.05) is 67.1 Å². The van der Waals surface area contributed by atoms with Crippen LogP contribution in [0.1, 0.15) is 53.0 Å². The number of hydrogen-bond donors (Lipinski definition) is 1. The Labute approximate surface area is 220 Å². The Morgan fingerprint density at radius 2 is 1.71 bits per heavy atom. The molecule has 0 saturated carbocycles. The minimum Gasteiger partial charge on any atom is -0.321 e. The van der Waals surface area contributed by atoms with Gasteiger partial charge in [0.25, 0.3) is 5.56 Å². The van der Waals surface area contributed by atoms with Crippen LogP contribution in [0.5, 0.6) is 0 Å². The molecule has 0 spiro atoms. The molecule has 194 valence electrons. The molecule has 38 heavy (non-hydrogen) atoms. The topological polar surface area (TPSA) is 79.7 Å². The molecule has 0 aliphatic heterocycles. The highest BCUT2D eigenvalue weighted by Crippen LogP contribution is 2.27. The first-order valence-corrected chi connectivity index (χ1v) is 12.8. The average molecular weight is 511 g/mol. The van der Waals surface area contributed by atoms with Crippen molar-refractivity contribution in [3.63, 3.8) is 0 Å². The summed E-state index contributed by atoms with van der Waals surface area (Å²) in [5.41, 5.74) is 5.72. The number of H-pyrrole nitrogens is 1. The van der Waals surface area contributed by atoms with Crippen molar-refractivity contribution in [1.29, 1.82) is 0 Å². The smallest absolute Gasteiger partial charge is 0.252 e. The van der Waals surface area contributed by atoms with Gasteiger partial charge in [0.15, 0.2) is 5.82 Å². The first-order chi connectivity index (χ1) is 18.4. The molecular weight excluding hydrogens is 479 g/mol. The van der Waals surface area contributed by atoms with Crippen molar-refractivity contribution in [2.24, 2.45) is 0 Å². The summed E-state index contributed by atoms with van der Waals surface area (Å²) in [5, 5.41) is 13.6. The van der Waals surface area contributed by atoms with Gasteiger partial charge in [-0.3, -0.25) is 9.69 Å². The van der Waals surface area contributed by atoms with Crippen LogP contribution in [0.2, 0.25) is 0 Å². The Morgan fingerprint density at radius 3 is 2.45 bits per heavy atom. The summed E-state index contributed by atoms with van der Waals surface area (Å²) in [6.45, 7) is 7.62. The van der Waals surface area contributed by atoms with Gasteiger partial charge >= 0.3 is 0 Å². The Hall–Kier alpha value is -4.17. The molecule has 0 bridgehead atoms. The lowest BCUT2D eigenvalue weighted by Crippen LogP contribution is -2.32. The SMILES string of the molecule is CCC(c1nnnn1Cc1ccc(F)cc1)N(Cc1ccc(C)cc1)Cc1cc2cccc(C)c2[nH]c1=O. The summed E-state index contributed by atoms with van der Waals surface area (Å²) in [6, 6.07) is 22.6. The summed E-state index contributed by atoms with van der Waals surface area (Å²) in [7, 11) is 0. The standard InChI is InChI=1S/C30H31FN6O/c1-4-27(29-33-34-35-37(29)18-23-12-14-26(31)15-13-23)36(17-22-10-8-20(2)9-11-22)19-25-16-24-7-5-6-21(3)28(24)32-30(25)38/h5-16,27H,4,17-19H2,1-3H3,(H,32,38). The van der Waals surface area contributed by atoms with E-state index in [2.05, 4.69) is 63.5 Å². The van der Waals surface area contributed by atoms with E-state index in [0.717, 1.165) is 34.0 Å². The number of para-hydroxylation sites is 1. The molecule has 0 aliphatic carbocycles. The number of tetrazole rings is 1. The number of aryl methyl sites for hydroxylation is 2. The van der Waals surface area contributed by atoms with E-state index in [1.54, 1.807) is 16.8 Å². The fraction of sp³-hybridized carbons (Fsp3) is 0.267. The van der Waals surface area contributed by atoms with E-state index in [1.165, 1.54) is 17.7 Å². The quantitative estimate of drug-likeness (QED) is 0.284. The van der Waals surface area contributed by atoms with Crippen LogP contribution in [0.3, 0.4) is 0 Å². The Kier molecular flexibility index (Phi) is 7.42. The lowest BCUT2D eigenvalue weighted by Gasteiger charge is -2.30. The largest absolute Gasteiger partial charge is 0.321 e. The van der Waals surface area contributed by atoms with Gasteiger partial charge in [-0.25, -0.2) is 9.07 Å². The molecular formula is C30H31FN6O. The molecule has 3 aromatic carbocycles. The molecule has 1 atom stereocenters. The van der Waals surface area contributed by atoms with Crippen molar-refractivity contribution >= 4 is 10.9 Å². The molecule has 2 heterocycles. The van der Waals surface area contributed by atoms with E-state index >= 15 is 0 Å². The lowest BCUT2D eigenvalue weighted by molar-refractivity contribution is 0.161. The summed E-state index contributed by atoms with van der Waals surface area (Å²) >= 11 is 0. The van der Waals surface area contributed by atoms with Crippen molar-refractivity contribution in [2.75, 3.05) is 0 Å². The number of benzene rings is 3. The number of aromatic nitrogens is 5. The monoisotopic (exact) mass is 510 g/mol. The van der Waals surface area contributed by atoms with Crippen LogP contribution in [-0.2, 0) is 19.6 Å². The maximum absolute atomic E-state index is 13.4. The minimum atomic E-state index is -0.280. The molecule has 0 radical (unpaired) electrons. The van der Waals surface area contributed by atoms with Crippen LogP contribution < -0.4 is 5.56 Å². The molecule has 0 aliphatic rings. The highest BCUT2D eigenvalue weighted by molar-refractivity contribution is 5.81. The fourth-order valence-corrected chi connectivity index (χ4v) is 4.90. The van der Waals surface area contributed by atoms with Gasteiger partial charge < -0.3 is 4.98 Å². The van der Waals surface area contributed by atoms with Crippen molar-refractivity contribution in [3.05, 3.63) is 123 Å². The van der Waals surface area contributed by atoms with Gasteiger partial charge in [-0.05, 0) is 71.0 Å².